The molecule has 5 aliphatic rings. The lowest BCUT2D eigenvalue weighted by atomic mass is 9.58. The average molecular weight is 410 g/mol. The van der Waals surface area contributed by atoms with Crippen molar-refractivity contribution in [2.45, 2.75) is 75.4 Å². The molecule has 0 radical (unpaired) electrons. The highest BCUT2D eigenvalue weighted by atomic mass is 16.5. The van der Waals surface area contributed by atoms with Gasteiger partial charge < -0.3 is 4.74 Å². The van der Waals surface area contributed by atoms with Gasteiger partial charge in [-0.15, -0.1) is 0 Å². The minimum absolute atomic E-state index is 0.0440. The first-order valence-electron chi connectivity index (χ1n) is 12.1. The van der Waals surface area contributed by atoms with Crippen molar-refractivity contribution in [2.75, 3.05) is 0 Å². The molecule has 2 aliphatic heterocycles. The van der Waals surface area contributed by atoms with Gasteiger partial charge >= 0.3 is 0 Å². The molecule has 2 bridgehead atoms. The zero-order chi connectivity index (χ0) is 20.8. The summed E-state index contributed by atoms with van der Waals surface area (Å²) in [6, 6.07) is 9.18. The summed E-state index contributed by atoms with van der Waals surface area (Å²) in [5.41, 5.74) is 6.08. The number of hydrogen-bond acceptors (Lipinski definition) is 2. The largest absolute Gasteiger partial charge is 0.359 e. The quantitative estimate of drug-likeness (QED) is 0.472. The molecule has 2 spiro atoms. The fraction of sp³-hybridized carbons (Fsp3) is 0.483. The molecule has 0 N–H and O–H groups in total. The third-order valence-electron chi connectivity index (χ3n) is 9.69. The Labute approximate surface area is 185 Å². The van der Waals surface area contributed by atoms with Crippen molar-refractivity contribution in [3.05, 3.63) is 77.7 Å². The maximum absolute atomic E-state index is 7.28. The van der Waals surface area contributed by atoms with E-state index in [9.17, 15) is 0 Å². The van der Waals surface area contributed by atoms with Crippen molar-refractivity contribution in [1.82, 2.24) is 4.98 Å². The fourth-order valence-corrected chi connectivity index (χ4v) is 8.21. The molecule has 2 nitrogen and oxygen atoms in total. The van der Waals surface area contributed by atoms with Crippen LogP contribution in [0.3, 0.4) is 0 Å². The minimum atomic E-state index is -0.0682. The van der Waals surface area contributed by atoms with Crippen LogP contribution in [0.5, 0.6) is 0 Å². The lowest BCUT2D eigenvalue weighted by Gasteiger charge is -2.54. The Balaban J connectivity index is 1.31. The zero-order valence-corrected chi connectivity index (χ0v) is 18.5. The first kappa shape index (κ1) is 18.4. The number of aromatic nitrogens is 1. The second kappa shape index (κ2) is 5.98. The summed E-state index contributed by atoms with van der Waals surface area (Å²) in [6.45, 7) is 6.90. The summed E-state index contributed by atoms with van der Waals surface area (Å²) in [6.07, 6.45) is 18.4. The standard InChI is InChI=1S/C29H31NO/c1-19-3-6-23-16-24-9-11-27(2)25(21-5-4-20-10-14-30-18-22(20)15-21)7-8-26(27)29(24)13-12-28(23,17-19)31-29/h4-5,9-10,14-16,18,25-26H,1,3,6-8,11-13,17H2,2H3/t25?,26-,27-,28-,29?/m1/s1. The second-order valence-electron chi connectivity index (χ2n) is 11.1. The van der Waals surface area contributed by atoms with E-state index in [1.54, 1.807) is 5.57 Å². The first-order chi connectivity index (χ1) is 15.0. The number of rotatable bonds is 1. The number of pyridine rings is 1. The van der Waals surface area contributed by atoms with Gasteiger partial charge in [0.05, 0.1) is 11.2 Å². The van der Waals surface area contributed by atoms with E-state index in [1.807, 2.05) is 12.4 Å². The van der Waals surface area contributed by atoms with Crippen LogP contribution in [-0.2, 0) is 4.74 Å². The van der Waals surface area contributed by atoms with Crippen LogP contribution in [0.4, 0.5) is 0 Å². The van der Waals surface area contributed by atoms with Crippen LogP contribution >= 0.6 is 0 Å². The van der Waals surface area contributed by atoms with Gasteiger partial charge in [-0.25, -0.2) is 0 Å². The van der Waals surface area contributed by atoms with E-state index in [4.69, 9.17) is 4.74 Å². The molecule has 2 saturated carbocycles. The number of hydrogen-bond donors (Lipinski definition) is 0. The number of ether oxygens (including phenoxy) is 1. The van der Waals surface area contributed by atoms with Crippen molar-refractivity contribution >= 4 is 10.8 Å². The lowest BCUT2D eigenvalue weighted by molar-refractivity contribution is -0.129. The highest BCUT2D eigenvalue weighted by molar-refractivity contribution is 5.82. The van der Waals surface area contributed by atoms with Crippen LogP contribution in [-0.4, -0.2) is 16.2 Å². The Kier molecular flexibility index (Phi) is 3.55. The second-order valence-corrected chi connectivity index (χ2v) is 11.1. The average Bonchev–Trinajstić information content (AvgIpc) is 3.28. The number of benzene rings is 1. The maximum Gasteiger partial charge on any atom is 0.0975 e. The maximum atomic E-state index is 7.28. The Bertz CT molecular complexity index is 1190. The van der Waals surface area contributed by atoms with E-state index in [0.717, 1.165) is 25.7 Å². The summed E-state index contributed by atoms with van der Waals surface area (Å²) < 4.78 is 7.28. The van der Waals surface area contributed by atoms with Gasteiger partial charge in [-0.3, -0.25) is 4.98 Å². The zero-order valence-electron chi connectivity index (χ0n) is 18.5. The number of allylic oxidation sites excluding steroid dienone is 1. The Hall–Kier alpha value is -2.19. The van der Waals surface area contributed by atoms with Gasteiger partial charge in [0.15, 0.2) is 0 Å². The lowest BCUT2D eigenvalue weighted by Crippen LogP contribution is -2.53. The van der Waals surface area contributed by atoms with E-state index in [0.29, 0.717) is 11.8 Å². The van der Waals surface area contributed by atoms with E-state index in [-0.39, 0.29) is 16.6 Å². The molecule has 2 unspecified atom stereocenters. The highest BCUT2D eigenvalue weighted by Crippen LogP contribution is 2.69. The molecule has 5 atom stereocenters. The summed E-state index contributed by atoms with van der Waals surface area (Å²) in [5.74, 6) is 1.18. The smallest absolute Gasteiger partial charge is 0.0975 e. The van der Waals surface area contributed by atoms with Crippen molar-refractivity contribution in [3.63, 3.8) is 0 Å². The van der Waals surface area contributed by atoms with Gasteiger partial charge in [0.1, 0.15) is 0 Å². The van der Waals surface area contributed by atoms with Gasteiger partial charge in [0.25, 0.3) is 0 Å². The summed E-state index contributed by atoms with van der Waals surface area (Å²) in [5, 5.41) is 2.55. The molecule has 2 heteroatoms. The monoisotopic (exact) mass is 409 g/mol. The third kappa shape index (κ3) is 2.30. The molecule has 2 aromatic rings. The van der Waals surface area contributed by atoms with Crippen LogP contribution in [0.25, 0.3) is 10.8 Å². The molecule has 1 saturated heterocycles. The predicted molar refractivity (Wildman–Crippen MR) is 125 cm³/mol. The summed E-state index contributed by atoms with van der Waals surface area (Å²) in [7, 11) is 0. The van der Waals surface area contributed by atoms with E-state index >= 15 is 0 Å². The normalized spacial score (nSPS) is 40.7. The molecule has 0 amide bonds. The molecule has 158 valence electrons. The minimum Gasteiger partial charge on any atom is -0.359 e. The summed E-state index contributed by atoms with van der Waals surface area (Å²) >= 11 is 0. The number of nitrogens with zero attached hydrogens (tertiary/aromatic N) is 1. The first-order valence-corrected chi connectivity index (χ1v) is 12.1. The van der Waals surface area contributed by atoms with Crippen molar-refractivity contribution in [3.8, 4) is 0 Å². The SMILES string of the molecule is C=C1CCC2=CC3=CC[C@]4(C)C(c5ccc6ccncc6c5)CC[C@H]4C34CC[C@]2(C1)O4. The molecule has 3 heterocycles. The molecule has 3 fully saturated rings. The number of fused-ring (bicyclic) bond motifs is 2. The molecular formula is C29H31NO. The van der Waals surface area contributed by atoms with Crippen LogP contribution in [0.1, 0.15) is 69.8 Å². The van der Waals surface area contributed by atoms with Gasteiger partial charge in [0, 0.05) is 24.2 Å². The van der Waals surface area contributed by atoms with E-state index < -0.39 is 0 Å². The molecule has 3 aliphatic carbocycles. The van der Waals surface area contributed by atoms with Crippen LogP contribution in [0, 0.1) is 11.3 Å². The summed E-state index contributed by atoms with van der Waals surface area (Å²) in [4.78, 5) is 4.36. The van der Waals surface area contributed by atoms with E-state index in [2.05, 4.69) is 54.9 Å². The molecule has 1 aromatic heterocycles. The van der Waals surface area contributed by atoms with Crippen molar-refractivity contribution < 1.29 is 4.74 Å². The van der Waals surface area contributed by atoms with E-state index in [1.165, 1.54) is 53.2 Å². The third-order valence-corrected chi connectivity index (χ3v) is 9.69. The predicted octanol–water partition coefficient (Wildman–Crippen LogP) is 7.03. The van der Waals surface area contributed by atoms with Gasteiger partial charge in [-0.1, -0.05) is 43.4 Å². The van der Waals surface area contributed by atoms with Gasteiger partial charge in [-0.2, -0.15) is 0 Å². The topological polar surface area (TPSA) is 22.1 Å². The Morgan fingerprint density at radius 1 is 1.10 bits per heavy atom. The fourth-order valence-electron chi connectivity index (χ4n) is 8.21. The van der Waals surface area contributed by atoms with Crippen molar-refractivity contribution in [2.24, 2.45) is 11.3 Å². The van der Waals surface area contributed by atoms with Crippen molar-refractivity contribution in [1.29, 1.82) is 0 Å². The van der Waals surface area contributed by atoms with Gasteiger partial charge in [0.2, 0.25) is 0 Å². The van der Waals surface area contributed by atoms with Crippen LogP contribution < -0.4 is 0 Å². The molecule has 1 aromatic carbocycles. The molecule has 31 heavy (non-hydrogen) atoms. The van der Waals surface area contributed by atoms with Crippen LogP contribution in [0.2, 0.25) is 0 Å². The Morgan fingerprint density at radius 3 is 2.97 bits per heavy atom. The highest BCUT2D eigenvalue weighted by Gasteiger charge is 2.66. The van der Waals surface area contributed by atoms with Gasteiger partial charge in [-0.05, 0) is 96.4 Å². The van der Waals surface area contributed by atoms with Crippen LogP contribution in [0.15, 0.2) is 72.1 Å². The molecular weight excluding hydrogens is 378 g/mol. The molecule has 7 rings (SSSR count). The Morgan fingerprint density at radius 2 is 2.03 bits per heavy atom.